The molecule has 0 aliphatic heterocycles. The van der Waals surface area contributed by atoms with Gasteiger partial charge in [-0.15, -0.1) is 0 Å². The van der Waals surface area contributed by atoms with Crippen LogP contribution in [0.2, 0.25) is 0 Å². The first kappa shape index (κ1) is 16.6. The van der Waals surface area contributed by atoms with Crippen molar-refractivity contribution in [3.05, 3.63) is 30.1 Å². The summed E-state index contributed by atoms with van der Waals surface area (Å²) < 4.78 is 0. The van der Waals surface area contributed by atoms with Gasteiger partial charge in [0.05, 0.1) is 11.4 Å². The monoisotopic (exact) mass is 336 g/mol. The predicted molar refractivity (Wildman–Crippen MR) is 96.4 cm³/mol. The first-order chi connectivity index (χ1) is 10.6. The molecular weight excluding hydrogens is 316 g/mol. The van der Waals surface area contributed by atoms with Crippen molar-refractivity contribution in [2.45, 2.75) is 38.6 Å². The van der Waals surface area contributed by atoms with Crippen molar-refractivity contribution in [1.82, 2.24) is 26.6 Å². The van der Waals surface area contributed by atoms with Crippen molar-refractivity contribution in [3.63, 3.8) is 0 Å². The molecule has 0 aromatic carbocycles. The van der Waals surface area contributed by atoms with Crippen LogP contribution in [0.3, 0.4) is 0 Å². The summed E-state index contributed by atoms with van der Waals surface area (Å²) in [5.74, 6) is 0. The maximum Gasteiger partial charge on any atom is 0.205 e. The quantitative estimate of drug-likeness (QED) is 0.379. The lowest BCUT2D eigenvalue weighted by Gasteiger charge is -2.16. The van der Waals surface area contributed by atoms with Gasteiger partial charge in [0.2, 0.25) is 5.11 Å². The summed E-state index contributed by atoms with van der Waals surface area (Å²) in [5, 5.41) is 8.30. The van der Waals surface area contributed by atoms with Crippen LogP contribution in [0.4, 0.5) is 0 Å². The van der Waals surface area contributed by atoms with Crippen LogP contribution in [0.15, 0.2) is 29.5 Å². The maximum absolute atomic E-state index is 5.20. The topological polar surface area (TPSA) is 73.4 Å². The summed E-state index contributed by atoms with van der Waals surface area (Å²) in [4.78, 5) is 4.21. The van der Waals surface area contributed by atoms with Gasteiger partial charge in [-0.2, -0.15) is 5.10 Å². The highest BCUT2D eigenvalue weighted by molar-refractivity contribution is 7.80. The Morgan fingerprint density at radius 1 is 1.18 bits per heavy atom. The predicted octanol–water partition coefficient (Wildman–Crippen LogP) is 1.59. The highest BCUT2D eigenvalue weighted by atomic mass is 32.1. The number of thiocarbonyl (C=S) groups is 2. The highest BCUT2D eigenvalue weighted by Gasteiger charge is 2.15. The molecule has 0 atom stereocenters. The molecule has 0 bridgehead atoms. The van der Waals surface area contributed by atoms with Gasteiger partial charge in [-0.3, -0.25) is 21.3 Å². The zero-order valence-corrected chi connectivity index (χ0v) is 14.1. The Morgan fingerprint density at radius 2 is 1.91 bits per heavy atom. The second kappa shape index (κ2) is 8.60. The van der Waals surface area contributed by atoms with Crippen LogP contribution in [0.1, 0.15) is 38.3 Å². The fraction of sp³-hybridized carbons (Fsp3) is 0.429. The van der Waals surface area contributed by atoms with E-state index >= 15 is 0 Å². The summed E-state index contributed by atoms with van der Waals surface area (Å²) in [6.45, 7) is 1.86. The summed E-state index contributed by atoms with van der Waals surface area (Å²) in [7, 11) is 0. The van der Waals surface area contributed by atoms with Gasteiger partial charge in [-0.25, -0.2) is 0 Å². The minimum atomic E-state index is 0.339. The van der Waals surface area contributed by atoms with Gasteiger partial charge in [0.1, 0.15) is 0 Å². The molecule has 1 aromatic rings. The van der Waals surface area contributed by atoms with E-state index in [9.17, 15) is 0 Å². The number of pyridine rings is 1. The minimum Gasteiger partial charge on any atom is -0.359 e. The standard InChI is InChI=1S/C14H20N6S2/c1-10(12-8-4-5-9-15-12)17-19-14(22)20-18-13(21)16-11-6-2-3-7-11/h4-5,8-9,11H,2-3,6-7H2,1H3,(H2,16,18,21)(H2,19,20,22)/b17-10+. The number of hydrogen-bond donors (Lipinski definition) is 4. The second-order valence-electron chi connectivity index (χ2n) is 5.06. The number of nitrogens with zero attached hydrogens (tertiary/aromatic N) is 2. The van der Waals surface area contributed by atoms with Gasteiger partial charge in [0, 0.05) is 12.2 Å². The van der Waals surface area contributed by atoms with Gasteiger partial charge in [0.15, 0.2) is 5.11 Å². The van der Waals surface area contributed by atoms with Gasteiger partial charge in [-0.1, -0.05) is 18.9 Å². The number of nitrogens with one attached hydrogen (secondary N) is 4. The van der Waals surface area contributed by atoms with Crippen LogP contribution in [-0.4, -0.2) is 27.0 Å². The van der Waals surface area contributed by atoms with Gasteiger partial charge in [0.25, 0.3) is 0 Å². The summed E-state index contributed by atoms with van der Waals surface area (Å²) >= 11 is 10.3. The Bertz CT molecular complexity index is 540. The minimum absolute atomic E-state index is 0.339. The van der Waals surface area contributed by atoms with Crippen LogP contribution >= 0.6 is 24.4 Å². The molecule has 0 saturated heterocycles. The maximum atomic E-state index is 5.20. The molecule has 1 aliphatic rings. The molecule has 0 spiro atoms. The molecule has 0 amide bonds. The summed E-state index contributed by atoms with van der Waals surface area (Å²) in [6, 6.07) is 6.12. The van der Waals surface area contributed by atoms with E-state index in [1.807, 2.05) is 25.1 Å². The molecule has 2 rings (SSSR count). The SMILES string of the molecule is C/C(=N\NC(=S)NNC(=S)NC1CCCC1)c1ccccn1. The largest absolute Gasteiger partial charge is 0.359 e. The van der Waals surface area contributed by atoms with Gasteiger partial charge >= 0.3 is 0 Å². The first-order valence-electron chi connectivity index (χ1n) is 7.23. The molecule has 0 unspecified atom stereocenters. The third-order valence-corrected chi connectivity index (χ3v) is 3.75. The van der Waals surface area contributed by atoms with E-state index < -0.39 is 0 Å². The molecule has 1 aliphatic carbocycles. The Hall–Kier alpha value is -1.80. The Balaban J connectivity index is 1.70. The third kappa shape index (κ3) is 5.53. The Morgan fingerprint density at radius 3 is 2.59 bits per heavy atom. The lowest BCUT2D eigenvalue weighted by molar-refractivity contribution is 0.617. The van der Waals surface area contributed by atoms with Gasteiger partial charge < -0.3 is 5.32 Å². The van der Waals surface area contributed by atoms with Crippen molar-refractivity contribution < 1.29 is 0 Å². The number of hydrazone groups is 1. The van der Waals surface area contributed by atoms with E-state index in [0.29, 0.717) is 16.3 Å². The summed E-state index contributed by atoms with van der Waals surface area (Å²) in [5.41, 5.74) is 9.95. The van der Waals surface area contributed by atoms with E-state index in [1.165, 1.54) is 12.8 Å². The van der Waals surface area contributed by atoms with E-state index in [-0.39, 0.29) is 0 Å². The van der Waals surface area contributed by atoms with Crippen LogP contribution < -0.4 is 21.6 Å². The average Bonchev–Trinajstić information content (AvgIpc) is 3.04. The molecular formula is C14H20N6S2. The Labute approximate surface area is 141 Å². The molecule has 1 heterocycles. The number of hydrazine groups is 1. The fourth-order valence-electron chi connectivity index (χ4n) is 2.20. The molecule has 1 fully saturated rings. The number of aromatic nitrogens is 1. The zero-order chi connectivity index (χ0) is 15.8. The van der Waals surface area contributed by atoms with Crippen LogP contribution in [0.5, 0.6) is 0 Å². The highest BCUT2D eigenvalue weighted by Crippen LogP contribution is 2.17. The van der Waals surface area contributed by atoms with Crippen LogP contribution in [-0.2, 0) is 0 Å². The third-order valence-electron chi connectivity index (χ3n) is 3.34. The van der Waals surface area contributed by atoms with Crippen molar-refractivity contribution in [2.75, 3.05) is 0 Å². The van der Waals surface area contributed by atoms with Crippen LogP contribution in [0, 0.1) is 0 Å². The van der Waals surface area contributed by atoms with Crippen molar-refractivity contribution in [3.8, 4) is 0 Å². The molecule has 118 valence electrons. The first-order valence-corrected chi connectivity index (χ1v) is 8.05. The van der Waals surface area contributed by atoms with Crippen molar-refractivity contribution in [2.24, 2.45) is 5.10 Å². The summed E-state index contributed by atoms with van der Waals surface area (Å²) in [6.07, 6.45) is 6.57. The Kier molecular flexibility index (Phi) is 6.47. The second-order valence-corrected chi connectivity index (χ2v) is 5.87. The molecule has 6 nitrogen and oxygen atoms in total. The van der Waals surface area contributed by atoms with E-state index in [1.54, 1.807) is 6.20 Å². The molecule has 1 saturated carbocycles. The average molecular weight is 336 g/mol. The number of rotatable bonds is 3. The lowest BCUT2D eigenvalue weighted by atomic mass is 10.3. The lowest BCUT2D eigenvalue weighted by Crippen LogP contribution is -2.51. The van der Waals surface area contributed by atoms with Gasteiger partial charge in [-0.05, 0) is 56.3 Å². The van der Waals surface area contributed by atoms with E-state index in [2.05, 4.69) is 31.7 Å². The number of hydrogen-bond acceptors (Lipinski definition) is 4. The fourth-order valence-corrected chi connectivity index (χ4v) is 2.52. The van der Waals surface area contributed by atoms with Crippen molar-refractivity contribution >= 4 is 40.4 Å². The molecule has 4 N–H and O–H groups in total. The van der Waals surface area contributed by atoms with Crippen molar-refractivity contribution in [1.29, 1.82) is 0 Å². The zero-order valence-electron chi connectivity index (χ0n) is 12.4. The smallest absolute Gasteiger partial charge is 0.205 e. The molecule has 1 aromatic heterocycles. The van der Waals surface area contributed by atoms with Crippen LogP contribution in [0.25, 0.3) is 0 Å². The van der Waals surface area contributed by atoms with E-state index in [4.69, 9.17) is 24.4 Å². The normalized spacial score (nSPS) is 15.2. The van der Waals surface area contributed by atoms with E-state index in [0.717, 1.165) is 24.2 Å². The molecule has 8 heteroatoms. The molecule has 0 radical (unpaired) electrons. The molecule has 22 heavy (non-hydrogen) atoms.